The SMILES string of the molecule is C=C/C=C1\C(=C/C)N(C)C(C=C)=C(C=C)C1(c1ccccc1)c1ccccc1.Cc1ccccc1.Cc1ccccc1. The smallest absolute Gasteiger partial charge is 0.0741 e. The van der Waals surface area contributed by atoms with Crippen LogP contribution in [0, 0.1) is 13.8 Å². The van der Waals surface area contributed by atoms with Crippen LogP contribution in [0.2, 0.25) is 0 Å². The summed E-state index contributed by atoms with van der Waals surface area (Å²) in [5.41, 5.74) is 8.99. The van der Waals surface area contributed by atoms with Gasteiger partial charge in [-0.1, -0.05) is 176 Å². The predicted molar refractivity (Wildman–Crippen MR) is 183 cm³/mol. The second-order valence-corrected chi connectivity index (χ2v) is 10.0. The van der Waals surface area contributed by atoms with Crippen LogP contribution >= 0.6 is 0 Å². The first-order valence-corrected chi connectivity index (χ1v) is 14.3. The van der Waals surface area contributed by atoms with E-state index in [9.17, 15) is 0 Å². The molecule has 0 aliphatic carbocycles. The number of hydrogen-bond acceptors (Lipinski definition) is 1. The molecular weight excluding hydrogens is 506 g/mol. The Balaban J connectivity index is 0.000000280. The Labute approximate surface area is 253 Å². The monoisotopic (exact) mass is 549 g/mol. The lowest BCUT2D eigenvalue weighted by Crippen LogP contribution is -2.42. The van der Waals surface area contributed by atoms with Crippen molar-refractivity contribution in [1.29, 1.82) is 0 Å². The van der Waals surface area contributed by atoms with Gasteiger partial charge in [0.05, 0.1) is 5.41 Å². The zero-order chi connectivity index (χ0) is 30.4. The number of hydrogen-bond donors (Lipinski definition) is 0. The minimum atomic E-state index is -0.504. The van der Waals surface area contributed by atoms with E-state index in [1.807, 2.05) is 54.6 Å². The van der Waals surface area contributed by atoms with Crippen LogP contribution in [-0.2, 0) is 5.41 Å². The highest BCUT2D eigenvalue weighted by molar-refractivity contribution is 5.69. The van der Waals surface area contributed by atoms with E-state index in [0.717, 1.165) is 17.0 Å². The van der Waals surface area contributed by atoms with Gasteiger partial charge in [0.1, 0.15) is 0 Å². The normalized spacial score (nSPS) is 15.6. The van der Waals surface area contributed by atoms with Crippen molar-refractivity contribution in [2.75, 3.05) is 7.05 Å². The zero-order valence-electron chi connectivity index (χ0n) is 25.5. The molecule has 1 heteroatoms. The largest absolute Gasteiger partial charge is 0.344 e. The molecule has 0 aromatic heterocycles. The van der Waals surface area contributed by atoms with Crippen LogP contribution in [0.15, 0.2) is 194 Å². The van der Waals surface area contributed by atoms with E-state index < -0.39 is 5.41 Å². The van der Waals surface area contributed by atoms with Gasteiger partial charge >= 0.3 is 0 Å². The van der Waals surface area contributed by atoms with E-state index in [0.29, 0.717) is 0 Å². The van der Waals surface area contributed by atoms with Crippen LogP contribution in [-0.4, -0.2) is 11.9 Å². The molecule has 4 aromatic rings. The molecule has 0 saturated heterocycles. The fraction of sp³-hybridized carbons (Fsp3) is 0.122. The molecule has 1 heterocycles. The molecule has 0 spiro atoms. The van der Waals surface area contributed by atoms with Crippen molar-refractivity contribution in [3.8, 4) is 0 Å². The van der Waals surface area contributed by atoms with E-state index in [1.54, 1.807) is 0 Å². The van der Waals surface area contributed by atoms with Crippen molar-refractivity contribution in [1.82, 2.24) is 4.90 Å². The van der Waals surface area contributed by atoms with Gasteiger partial charge < -0.3 is 4.90 Å². The second-order valence-electron chi connectivity index (χ2n) is 10.0. The summed E-state index contributed by atoms with van der Waals surface area (Å²) >= 11 is 0. The first-order chi connectivity index (χ1) is 20.4. The topological polar surface area (TPSA) is 3.24 Å². The zero-order valence-corrected chi connectivity index (χ0v) is 25.5. The van der Waals surface area contributed by atoms with Crippen LogP contribution in [0.3, 0.4) is 0 Å². The fourth-order valence-corrected chi connectivity index (χ4v) is 5.44. The van der Waals surface area contributed by atoms with E-state index >= 15 is 0 Å². The highest BCUT2D eigenvalue weighted by Gasteiger charge is 2.46. The van der Waals surface area contributed by atoms with Gasteiger partial charge in [-0.15, -0.1) is 0 Å². The van der Waals surface area contributed by atoms with Crippen molar-refractivity contribution in [3.63, 3.8) is 0 Å². The van der Waals surface area contributed by atoms with E-state index in [4.69, 9.17) is 0 Å². The van der Waals surface area contributed by atoms with E-state index in [1.165, 1.54) is 27.8 Å². The van der Waals surface area contributed by atoms with Crippen molar-refractivity contribution < 1.29 is 0 Å². The lowest BCUT2D eigenvalue weighted by Gasteiger charge is -2.47. The van der Waals surface area contributed by atoms with Gasteiger partial charge in [0, 0.05) is 18.4 Å². The Morgan fingerprint density at radius 1 is 0.595 bits per heavy atom. The van der Waals surface area contributed by atoms with Gasteiger partial charge in [-0.2, -0.15) is 0 Å². The third-order valence-corrected chi connectivity index (χ3v) is 7.33. The summed E-state index contributed by atoms with van der Waals surface area (Å²) < 4.78 is 0. The Morgan fingerprint density at radius 2 is 1.00 bits per heavy atom. The fourth-order valence-electron chi connectivity index (χ4n) is 5.44. The predicted octanol–water partition coefficient (Wildman–Crippen LogP) is 10.6. The van der Waals surface area contributed by atoms with Crippen LogP contribution in [0.5, 0.6) is 0 Å². The molecule has 0 saturated carbocycles. The third-order valence-electron chi connectivity index (χ3n) is 7.33. The van der Waals surface area contributed by atoms with Crippen molar-refractivity contribution in [2.45, 2.75) is 26.2 Å². The van der Waals surface area contributed by atoms with Gasteiger partial charge in [-0.25, -0.2) is 0 Å². The maximum absolute atomic E-state index is 4.20. The second kappa shape index (κ2) is 15.8. The van der Waals surface area contributed by atoms with Gasteiger partial charge in [0.2, 0.25) is 0 Å². The summed E-state index contributed by atoms with van der Waals surface area (Å²) in [6.07, 6.45) is 10.0. The molecule has 1 aliphatic rings. The number of benzene rings is 4. The number of nitrogens with zero attached hydrogens (tertiary/aromatic N) is 1. The summed E-state index contributed by atoms with van der Waals surface area (Å²) in [6, 6.07) is 41.7. The molecule has 0 amide bonds. The maximum atomic E-state index is 4.20. The minimum absolute atomic E-state index is 0.504. The molecule has 5 rings (SSSR count). The summed E-state index contributed by atoms with van der Waals surface area (Å²) in [7, 11) is 2.08. The molecule has 4 aromatic carbocycles. The van der Waals surface area contributed by atoms with Crippen molar-refractivity contribution in [3.05, 3.63) is 216 Å². The Bertz CT molecular complexity index is 1450. The lowest BCUT2D eigenvalue weighted by molar-refractivity contribution is 0.479. The molecule has 0 bridgehead atoms. The highest BCUT2D eigenvalue weighted by Crippen LogP contribution is 2.53. The van der Waals surface area contributed by atoms with Crippen LogP contribution in [0.4, 0.5) is 0 Å². The molecule has 0 unspecified atom stereocenters. The van der Waals surface area contributed by atoms with Gasteiger partial charge in [-0.3, -0.25) is 0 Å². The molecular formula is C41H43N. The van der Waals surface area contributed by atoms with E-state index in [2.05, 4.69) is 150 Å². The summed E-state index contributed by atoms with van der Waals surface area (Å²) in [4.78, 5) is 2.18. The third kappa shape index (κ3) is 7.06. The van der Waals surface area contributed by atoms with Gasteiger partial charge in [-0.05, 0) is 49.1 Å². The standard InChI is InChI=1S/C27H27N.2C7H8/c1-6-16-24-26(9-4)28(5)25(8-3)23(7-2)27(24,21-17-12-10-13-18-21)22-19-14-11-15-20-22;2*1-7-5-3-2-4-6-7/h6-20H,1-3H2,4-5H3;2*2-6H,1H3/b24-16+,26-9+;;. The minimum Gasteiger partial charge on any atom is -0.344 e. The lowest BCUT2D eigenvalue weighted by atomic mass is 9.61. The first kappa shape index (κ1) is 31.6. The molecule has 0 radical (unpaired) electrons. The van der Waals surface area contributed by atoms with Crippen LogP contribution in [0.1, 0.15) is 29.2 Å². The van der Waals surface area contributed by atoms with Crippen molar-refractivity contribution >= 4 is 0 Å². The number of allylic oxidation sites excluding steroid dienone is 7. The van der Waals surface area contributed by atoms with Crippen LogP contribution in [0.25, 0.3) is 0 Å². The first-order valence-electron chi connectivity index (χ1n) is 14.3. The summed E-state index contributed by atoms with van der Waals surface area (Å²) in [5, 5.41) is 0. The highest BCUT2D eigenvalue weighted by atomic mass is 15.1. The summed E-state index contributed by atoms with van der Waals surface area (Å²) in [5.74, 6) is 0. The average molecular weight is 550 g/mol. The summed E-state index contributed by atoms with van der Waals surface area (Å²) in [6.45, 7) is 18.6. The Kier molecular flexibility index (Phi) is 11.9. The number of likely N-dealkylation sites (N-methyl/N-ethyl adjacent to an activating group) is 1. The molecule has 212 valence electrons. The quantitative estimate of drug-likeness (QED) is 0.239. The Hall–Kier alpha value is -4.88. The average Bonchev–Trinajstić information content (AvgIpc) is 3.03. The molecule has 1 nitrogen and oxygen atoms in total. The number of rotatable bonds is 5. The molecule has 0 atom stereocenters. The van der Waals surface area contributed by atoms with Crippen LogP contribution < -0.4 is 0 Å². The Morgan fingerprint density at radius 3 is 1.29 bits per heavy atom. The molecule has 0 fully saturated rings. The maximum Gasteiger partial charge on any atom is 0.0741 e. The molecule has 0 N–H and O–H groups in total. The van der Waals surface area contributed by atoms with E-state index in [-0.39, 0.29) is 0 Å². The van der Waals surface area contributed by atoms with Gasteiger partial charge in [0.15, 0.2) is 0 Å². The van der Waals surface area contributed by atoms with Crippen molar-refractivity contribution in [2.24, 2.45) is 0 Å². The number of aryl methyl sites for hydroxylation is 2. The molecule has 1 aliphatic heterocycles. The van der Waals surface area contributed by atoms with Gasteiger partial charge in [0.25, 0.3) is 0 Å². The molecule has 42 heavy (non-hydrogen) atoms.